The van der Waals surface area contributed by atoms with Gasteiger partial charge in [-0.25, -0.2) is 18.7 Å². The molecule has 1 heterocycles. The maximum absolute atomic E-state index is 13.4. The Hall–Kier alpha value is -2.04. The number of nitrogens with zero attached hydrogens (tertiary/aromatic N) is 2. The second kappa shape index (κ2) is 4.81. The molecule has 5 heteroatoms. The van der Waals surface area contributed by atoms with E-state index in [1.807, 2.05) is 20.8 Å². The van der Waals surface area contributed by atoms with E-state index in [2.05, 4.69) is 9.97 Å². The van der Waals surface area contributed by atoms with Crippen molar-refractivity contribution in [3.8, 4) is 11.3 Å². The van der Waals surface area contributed by atoms with Crippen LogP contribution in [0.3, 0.4) is 0 Å². The van der Waals surface area contributed by atoms with Crippen LogP contribution >= 0.6 is 0 Å². The van der Waals surface area contributed by atoms with Gasteiger partial charge in [0.15, 0.2) is 11.6 Å². The third-order valence-electron chi connectivity index (χ3n) is 3.05. The average Bonchev–Trinajstić information content (AvgIpc) is 2.34. The molecule has 3 nitrogen and oxygen atoms in total. The molecule has 0 aliphatic carbocycles. The molecule has 0 atom stereocenters. The molecule has 2 rings (SSSR count). The largest absolute Gasteiger partial charge is 0.383 e. The quantitative estimate of drug-likeness (QED) is 0.866. The Morgan fingerprint density at radius 2 is 1.70 bits per heavy atom. The summed E-state index contributed by atoms with van der Waals surface area (Å²) in [5.74, 6) is -0.870. The molecule has 106 valence electrons. The zero-order valence-corrected chi connectivity index (χ0v) is 12.0. The number of nitrogens with two attached hydrogens (primary N) is 1. The molecule has 20 heavy (non-hydrogen) atoms. The lowest BCUT2D eigenvalue weighted by atomic mass is 9.95. The Labute approximate surface area is 116 Å². The van der Waals surface area contributed by atoms with Gasteiger partial charge in [-0.2, -0.15) is 0 Å². The Balaban J connectivity index is 2.66. The van der Waals surface area contributed by atoms with Crippen molar-refractivity contribution >= 4 is 5.82 Å². The van der Waals surface area contributed by atoms with Gasteiger partial charge < -0.3 is 5.73 Å². The summed E-state index contributed by atoms with van der Waals surface area (Å²) in [5.41, 5.74) is 7.29. The predicted octanol–water partition coefficient (Wildman–Crippen LogP) is 3.61. The highest BCUT2D eigenvalue weighted by Gasteiger charge is 2.21. The summed E-state index contributed by atoms with van der Waals surface area (Å²) in [6.45, 7) is 7.66. The van der Waals surface area contributed by atoms with E-state index in [4.69, 9.17) is 5.73 Å². The minimum atomic E-state index is -0.906. The normalized spacial score (nSPS) is 11.7. The molecule has 1 aromatic carbocycles. The molecular weight excluding hydrogens is 260 g/mol. The molecule has 2 N–H and O–H groups in total. The molecule has 0 radical (unpaired) electrons. The lowest BCUT2D eigenvalue weighted by Crippen LogP contribution is -2.18. The first-order valence-corrected chi connectivity index (χ1v) is 6.30. The van der Waals surface area contributed by atoms with E-state index in [0.717, 1.165) is 12.1 Å². The van der Waals surface area contributed by atoms with Crippen LogP contribution in [-0.4, -0.2) is 9.97 Å². The zero-order valence-electron chi connectivity index (χ0n) is 12.0. The van der Waals surface area contributed by atoms with Gasteiger partial charge in [-0.1, -0.05) is 20.8 Å². The van der Waals surface area contributed by atoms with Crippen LogP contribution in [0.5, 0.6) is 0 Å². The van der Waals surface area contributed by atoms with Gasteiger partial charge in [0.2, 0.25) is 0 Å². The van der Waals surface area contributed by atoms with Gasteiger partial charge in [-0.15, -0.1) is 0 Å². The SMILES string of the molecule is Cc1c(N)nc(C(C)(C)C)nc1-c1ccc(F)c(F)c1. The minimum Gasteiger partial charge on any atom is -0.383 e. The fraction of sp³-hybridized carbons (Fsp3) is 0.333. The van der Waals surface area contributed by atoms with Gasteiger partial charge >= 0.3 is 0 Å². The number of anilines is 1. The molecule has 0 unspecified atom stereocenters. The van der Waals surface area contributed by atoms with Crippen LogP contribution in [0.15, 0.2) is 18.2 Å². The number of nitrogen functional groups attached to an aromatic ring is 1. The standard InChI is InChI=1S/C15H17F2N3/c1-8-12(9-5-6-10(16)11(17)7-9)19-14(15(2,3)4)20-13(8)18/h5-7H,1-4H3,(H2,18,19,20). The summed E-state index contributed by atoms with van der Waals surface area (Å²) in [6.07, 6.45) is 0. The Bertz CT molecular complexity index is 661. The molecule has 0 bridgehead atoms. The number of rotatable bonds is 1. The van der Waals surface area contributed by atoms with E-state index < -0.39 is 11.6 Å². The molecule has 2 aromatic rings. The molecule has 0 aliphatic rings. The summed E-state index contributed by atoms with van der Waals surface area (Å²) in [6, 6.07) is 3.69. The molecule has 0 saturated heterocycles. The van der Waals surface area contributed by atoms with Crippen molar-refractivity contribution in [2.24, 2.45) is 0 Å². The summed E-state index contributed by atoms with van der Waals surface area (Å²) in [4.78, 5) is 8.73. The van der Waals surface area contributed by atoms with Gasteiger partial charge in [-0.3, -0.25) is 0 Å². The van der Waals surface area contributed by atoms with Crippen molar-refractivity contribution in [3.63, 3.8) is 0 Å². The number of hydrogen-bond donors (Lipinski definition) is 1. The van der Waals surface area contributed by atoms with Crippen molar-refractivity contribution in [3.05, 3.63) is 41.2 Å². The Morgan fingerprint density at radius 3 is 2.25 bits per heavy atom. The first kappa shape index (κ1) is 14.4. The minimum absolute atomic E-state index is 0.283. The molecule has 0 aliphatic heterocycles. The lowest BCUT2D eigenvalue weighted by Gasteiger charge is -2.19. The van der Waals surface area contributed by atoms with E-state index in [0.29, 0.717) is 28.5 Å². The Kier molecular flexibility index (Phi) is 3.46. The summed E-state index contributed by atoms with van der Waals surface area (Å²) in [5, 5.41) is 0. The van der Waals surface area contributed by atoms with Crippen LogP contribution < -0.4 is 5.73 Å². The maximum atomic E-state index is 13.4. The summed E-state index contributed by atoms with van der Waals surface area (Å²) in [7, 11) is 0. The van der Waals surface area contributed by atoms with Crippen molar-refractivity contribution < 1.29 is 8.78 Å². The van der Waals surface area contributed by atoms with Crippen LogP contribution in [0.25, 0.3) is 11.3 Å². The summed E-state index contributed by atoms with van der Waals surface area (Å²) >= 11 is 0. The highest BCUT2D eigenvalue weighted by atomic mass is 19.2. The van der Waals surface area contributed by atoms with E-state index in [-0.39, 0.29) is 5.41 Å². The number of benzene rings is 1. The van der Waals surface area contributed by atoms with Crippen LogP contribution in [0.1, 0.15) is 32.2 Å². The van der Waals surface area contributed by atoms with E-state index in [1.165, 1.54) is 6.07 Å². The smallest absolute Gasteiger partial charge is 0.159 e. The molecular formula is C15H17F2N3. The van der Waals surface area contributed by atoms with Gasteiger partial charge in [-0.05, 0) is 25.1 Å². The first-order chi connectivity index (χ1) is 9.20. The second-order valence-electron chi connectivity index (χ2n) is 5.78. The van der Waals surface area contributed by atoms with E-state index >= 15 is 0 Å². The molecule has 0 fully saturated rings. The summed E-state index contributed by atoms with van der Waals surface area (Å²) < 4.78 is 26.4. The number of aromatic nitrogens is 2. The van der Waals surface area contributed by atoms with Crippen LogP contribution in [-0.2, 0) is 5.41 Å². The molecule has 0 amide bonds. The maximum Gasteiger partial charge on any atom is 0.159 e. The second-order valence-corrected chi connectivity index (χ2v) is 5.78. The van der Waals surface area contributed by atoms with E-state index in [1.54, 1.807) is 6.92 Å². The topological polar surface area (TPSA) is 51.8 Å². The zero-order chi connectivity index (χ0) is 15.1. The van der Waals surface area contributed by atoms with Crippen molar-refractivity contribution in [1.29, 1.82) is 0 Å². The molecule has 0 spiro atoms. The number of hydrogen-bond acceptors (Lipinski definition) is 3. The monoisotopic (exact) mass is 277 g/mol. The number of halogens is 2. The van der Waals surface area contributed by atoms with Crippen molar-refractivity contribution in [2.75, 3.05) is 5.73 Å². The van der Waals surface area contributed by atoms with Crippen LogP contribution in [0, 0.1) is 18.6 Å². The van der Waals surface area contributed by atoms with Crippen molar-refractivity contribution in [1.82, 2.24) is 9.97 Å². The van der Waals surface area contributed by atoms with Crippen LogP contribution in [0.2, 0.25) is 0 Å². The van der Waals surface area contributed by atoms with Gasteiger partial charge in [0.1, 0.15) is 11.6 Å². The van der Waals surface area contributed by atoms with Crippen LogP contribution in [0.4, 0.5) is 14.6 Å². The average molecular weight is 277 g/mol. The Morgan fingerprint density at radius 1 is 1.05 bits per heavy atom. The van der Waals surface area contributed by atoms with Gasteiger partial charge in [0.25, 0.3) is 0 Å². The third-order valence-corrected chi connectivity index (χ3v) is 3.05. The fourth-order valence-electron chi connectivity index (χ4n) is 1.79. The highest BCUT2D eigenvalue weighted by molar-refractivity contribution is 5.67. The fourth-order valence-corrected chi connectivity index (χ4v) is 1.79. The molecule has 0 saturated carbocycles. The van der Waals surface area contributed by atoms with Crippen molar-refractivity contribution in [2.45, 2.75) is 33.1 Å². The first-order valence-electron chi connectivity index (χ1n) is 6.30. The molecule has 1 aromatic heterocycles. The van der Waals surface area contributed by atoms with Gasteiger partial charge in [0.05, 0.1) is 5.69 Å². The van der Waals surface area contributed by atoms with E-state index in [9.17, 15) is 8.78 Å². The predicted molar refractivity (Wildman–Crippen MR) is 75.2 cm³/mol. The third kappa shape index (κ3) is 2.61. The lowest BCUT2D eigenvalue weighted by molar-refractivity contribution is 0.509. The van der Waals surface area contributed by atoms with Gasteiger partial charge in [0, 0.05) is 16.5 Å². The highest BCUT2D eigenvalue weighted by Crippen LogP contribution is 2.29.